The lowest BCUT2D eigenvalue weighted by atomic mass is 9.68. The Hall–Kier alpha value is -2.36. The van der Waals surface area contributed by atoms with Crippen LogP contribution in [0.25, 0.3) is 0 Å². The zero-order valence-corrected chi connectivity index (χ0v) is 16.6. The van der Waals surface area contributed by atoms with Crippen molar-refractivity contribution in [3.05, 3.63) is 59.8 Å². The number of pyridine rings is 1. The number of benzene rings is 1. The molecule has 1 amide bonds. The molecule has 0 radical (unpaired) electrons. The monoisotopic (exact) mass is 366 g/mol. The van der Waals surface area contributed by atoms with Crippen molar-refractivity contribution < 1.29 is 9.53 Å². The highest BCUT2D eigenvalue weighted by Gasteiger charge is 2.36. The van der Waals surface area contributed by atoms with Crippen LogP contribution in [0.5, 0.6) is 5.88 Å². The van der Waals surface area contributed by atoms with E-state index in [4.69, 9.17) is 4.74 Å². The zero-order chi connectivity index (χ0) is 19.3. The van der Waals surface area contributed by atoms with Crippen LogP contribution in [0, 0.1) is 5.41 Å². The van der Waals surface area contributed by atoms with E-state index in [-0.39, 0.29) is 11.9 Å². The molecule has 1 aliphatic rings. The summed E-state index contributed by atoms with van der Waals surface area (Å²) in [6.45, 7) is 4.66. The number of carbonyl (C=O) groups is 1. The van der Waals surface area contributed by atoms with Gasteiger partial charge < -0.3 is 10.1 Å². The molecule has 1 saturated carbocycles. The van der Waals surface area contributed by atoms with Crippen molar-refractivity contribution in [1.29, 1.82) is 0 Å². The molecule has 4 heteroatoms. The van der Waals surface area contributed by atoms with Crippen LogP contribution in [0.2, 0.25) is 0 Å². The Morgan fingerprint density at radius 3 is 2.67 bits per heavy atom. The van der Waals surface area contributed by atoms with Gasteiger partial charge >= 0.3 is 0 Å². The van der Waals surface area contributed by atoms with Gasteiger partial charge in [-0.3, -0.25) is 4.79 Å². The van der Waals surface area contributed by atoms with E-state index in [9.17, 15) is 4.79 Å². The molecule has 1 fully saturated rings. The van der Waals surface area contributed by atoms with Crippen LogP contribution in [-0.4, -0.2) is 24.0 Å². The Labute approximate surface area is 162 Å². The van der Waals surface area contributed by atoms with Gasteiger partial charge in [0.25, 0.3) is 0 Å². The van der Waals surface area contributed by atoms with Crippen molar-refractivity contribution in [2.75, 3.05) is 7.11 Å². The molecule has 0 spiro atoms. The Balaban J connectivity index is 1.60. The number of hydrogen-bond acceptors (Lipinski definition) is 3. The number of hydrogen-bond donors (Lipinski definition) is 1. The Bertz CT molecular complexity index is 741. The summed E-state index contributed by atoms with van der Waals surface area (Å²) in [5, 5.41) is 3.31. The van der Waals surface area contributed by atoms with Gasteiger partial charge in [0.1, 0.15) is 0 Å². The predicted molar refractivity (Wildman–Crippen MR) is 108 cm³/mol. The first-order chi connectivity index (χ1) is 13.0. The van der Waals surface area contributed by atoms with Crippen molar-refractivity contribution in [2.24, 2.45) is 5.41 Å². The van der Waals surface area contributed by atoms with Crippen molar-refractivity contribution in [1.82, 2.24) is 10.3 Å². The minimum absolute atomic E-state index is 0.122. The first kappa shape index (κ1) is 19.4. The molecular formula is C23H30N2O2. The molecule has 2 atom stereocenters. The lowest BCUT2D eigenvalue weighted by molar-refractivity contribution is -0.122. The van der Waals surface area contributed by atoms with Crippen LogP contribution in [0.3, 0.4) is 0 Å². The Morgan fingerprint density at radius 2 is 2.00 bits per heavy atom. The summed E-state index contributed by atoms with van der Waals surface area (Å²) >= 11 is 0. The minimum atomic E-state index is 0.122. The van der Waals surface area contributed by atoms with E-state index in [0.717, 1.165) is 24.8 Å². The summed E-state index contributed by atoms with van der Waals surface area (Å²) in [6, 6.07) is 14.6. The van der Waals surface area contributed by atoms with Crippen LogP contribution in [0.1, 0.15) is 56.6 Å². The molecule has 2 unspecified atom stereocenters. The fraction of sp³-hybridized carbons (Fsp3) is 0.478. The van der Waals surface area contributed by atoms with E-state index in [0.29, 0.717) is 30.1 Å². The molecule has 1 heterocycles. The van der Waals surface area contributed by atoms with Gasteiger partial charge in [0, 0.05) is 30.6 Å². The van der Waals surface area contributed by atoms with Crippen LogP contribution in [0.4, 0.5) is 0 Å². The van der Waals surface area contributed by atoms with Crippen LogP contribution in [-0.2, 0) is 11.2 Å². The van der Waals surface area contributed by atoms with E-state index in [1.165, 1.54) is 5.56 Å². The van der Waals surface area contributed by atoms with Gasteiger partial charge in [-0.05, 0) is 42.2 Å². The van der Waals surface area contributed by atoms with Gasteiger partial charge in [0.2, 0.25) is 11.8 Å². The van der Waals surface area contributed by atoms with Crippen molar-refractivity contribution in [3.63, 3.8) is 0 Å². The predicted octanol–water partition coefficient (Wildman–Crippen LogP) is 4.50. The van der Waals surface area contributed by atoms with Gasteiger partial charge in [-0.1, -0.05) is 50.2 Å². The second-order valence-electron chi connectivity index (χ2n) is 8.31. The van der Waals surface area contributed by atoms with Gasteiger partial charge in [-0.15, -0.1) is 0 Å². The van der Waals surface area contributed by atoms with E-state index in [2.05, 4.69) is 48.4 Å². The molecule has 144 valence electrons. The minimum Gasteiger partial charge on any atom is -0.481 e. The normalized spacial score (nSPS) is 21.4. The number of nitrogens with zero attached hydrogens (tertiary/aromatic N) is 1. The summed E-state index contributed by atoms with van der Waals surface area (Å²) in [5.74, 6) is 1.09. The van der Waals surface area contributed by atoms with E-state index in [1.54, 1.807) is 13.3 Å². The maximum absolute atomic E-state index is 12.6. The highest BCUT2D eigenvalue weighted by molar-refractivity contribution is 5.76. The molecule has 1 aromatic carbocycles. The Kier molecular flexibility index (Phi) is 6.15. The quantitative estimate of drug-likeness (QED) is 0.819. The van der Waals surface area contributed by atoms with E-state index >= 15 is 0 Å². The zero-order valence-electron chi connectivity index (χ0n) is 16.6. The number of rotatable bonds is 6. The fourth-order valence-corrected chi connectivity index (χ4v) is 4.03. The molecule has 2 aromatic rings. The summed E-state index contributed by atoms with van der Waals surface area (Å²) < 4.78 is 5.08. The Morgan fingerprint density at radius 1 is 1.22 bits per heavy atom. The number of amides is 1. The van der Waals surface area contributed by atoms with Crippen LogP contribution >= 0.6 is 0 Å². The first-order valence-corrected chi connectivity index (χ1v) is 9.80. The number of aromatic nitrogens is 1. The van der Waals surface area contributed by atoms with Gasteiger partial charge in [-0.25, -0.2) is 4.98 Å². The standard InChI is InChI=1S/C23H30N2O2/c1-23(2)14-13-20(19(15-23)18-7-5-4-6-8-18)25-21(26)11-9-17-10-12-22(27-3)24-16-17/h4-8,10,12,16,19-20H,9,11,13-15H2,1-3H3,(H,25,26). The highest BCUT2D eigenvalue weighted by atomic mass is 16.5. The number of nitrogens with one attached hydrogen (secondary N) is 1. The molecule has 1 N–H and O–H groups in total. The molecular weight excluding hydrogens is 336 g/mol. The van der Waals surface area contributed by atoms with Crippen molar-refractivity contribution in [2.45, 2.75) is 57.9 Å². The molecule has 1 aromatic heterocycles. The number of ether oxygens (including phenoxy) is 1. The molecule has 0 saturated heterocycles. The number of aryl methyl sites for hydroxylation is 1. The van der Waals surface area contributed by atoms with Gasteiger partial charge in [0.15, 0.2) is 0 Å². The second kappa shape index (κ2) is 8.55. The first-order valence-electron chi connectivity index (χ1n) is 9.80. The second-order valence-corrected chi connectivity index (χ2v) is 8.31. The maximum Gasteiger partial charge on any atom is 0.220 e. The average molecular weight is 367 g/mol. The molecule has 3 rings (SSSR count). The van der Waals surface area contributed by atoms with Gasteiger partial charge in [-0.2, -0.15) is 0 Å². The molecule has 0 aliphatic heterocycles. The van der Waals surface area contributed by atoms with E-state index in [1.807, 2.05) is 18.2 Å². The van der Waals surface area contributed by atoms with Crippen LogP contribution < -0.4 is 10.1 Å². The molecule has 27 heavy (non-hydrogen) atoms. The number of methoxy groups -OCH3 is 1. The third-order valence-corrected chi connectivity index (χ3v) is 5.61. The molecule has 0 bridgehead atoms. The third kappa shape index (κ3) is 5.31. The molecule has 1 aliphatic carbocycles. The SMILES string of the molecule is COc1ccc(CCC(=O)NC2CCC(C)(C)CC2c2ccccc2)cn1. The topological polar surface area (TPSA) is 51.2 Å². The average Bonchev–Trinajstić information content (AvgIpc) is 2.68. The maximum atomic E-state index is 12.6. The summed E-state index contributed by atoms with van der Waals surface area (Å²) in [4.78, 5) is 16.8. The van der Waals surface area contributed by atoms with E-state index < -0.39 is 0 Å². The van der Waals surface area contributed by atoms with Gasteiger partial charge in [0.05, 0.1) is 7.11 Å². The lowest BCUT2D eigenvalue weighted by Gasteiger charge is -2.41. The van der Waals surface area contributed by atoms with Crippen molar-refractivity contribution in [3.8, 4) is 5.88 Å². The summed E-state index contributed by atoms with van der Waals surface area (Å²) in [5.41, 5.74) is 2.70. The summed E-state index contributed by atoms with van der Waals surface area (Å²) in [7, 11) is 1.60. The fourth-order valence-electron chi connectivity index (χ4n) is 4.03. The summed E-state index contributed by atoms with van der Waals surface area (Å²) in [6.07, 6.45) is 6.23. The van der Waals surface area contributed by atoms with Crippen LogP contribution in [0.15, 0.2) is 48.7 Å². The smallest absolute Gasteiger partial charge is 0.220 e. The third-order valence-electron chi connectivity index (χ3n) is 5.61. The largest absolute Gasteiger partial charge is 0.481 e. The highest BCUT2D eigenvalue weighted by Crippen LogP contribution is 2.43. The number of carbonyl (C=O) groups excluding carboxylic acids is 1. The molecule has 4 nitrogen and oxygen atoms in total. The van der Waals surface area contributed by atoms with Crippen molar-refractivity contribution >= 4 is 5.91 Å². The lowest BCUT2D eigenvalue weighted by Crippen LogP contribution is -2.44.